The molecule has 0 bridgehead atoms. The van der Waals surface area contributed by atoms with E-state index in [1.807, 2.05) is 0 Å². The Morgan fingerprint density at radius 2 is 1.93 bits per heavy atom. The molecule has 0 atom stereocenters. The minimum atomic E-state index is -0.430. The van der Waals surface area contributed by atoms with Gasteiger partial charge in [-0.15, -0.1) is 5.10 Å². The van der Waals surface area contributed by atoms with E-state index in [-0.39, 0.29) is 12.6 Å². The fourth-order valence-corrected chi connectivity index (χ4v) is 2.29. The molecule has 0 aliphatic heterocycles. The number of benzene rings is 2. The van der Waals surface area contributed by atoms with Gasteiger partial charge in [-0.1, -0.05) is 12.1 Å². The van der Waals surface area contributed by atoms with Crippen LogP contribution in [0.15, 0.2) is 54.7 Å². The van der Waals surface area contributed by atoms with Gasteiger partial charge >= 0.3 is 5.97 Å². The van der Waals surface area contributed by atoms with Gasteiger partial charge in [0.25, 0.3) is 0 Å². The van der Waals surface area contributed by atoms with Crippen molar-refractivity contribution < 1.29 is 9.53 Å². The Kier molecular flexibility index (Phi) is 5.54. The van der Waals surface area contributed by atoms with Crippen LogP contribution in [-0.4, -0.2) is 27.8 Å². The van der Waals surface area contributed by atoms with Gasteiger partial charge in [0, 0.05) is 5.69 Å². The highest BCUT2D eigenvalue weighted by Crippen LogP contribution is 2.21. The predicted octanol–water partition coefficient (Wildman–Crippen LogP) is 3.41. The van der Waals surface area contributed by atoms with Gasteiger partial charge in [-0.05, 0) is 43.3 Å². The number of carbonyl (C=O) groups is 1. The van der Waals surface area contributed by atoms with Crippen molar-refractivity contribution in [3.05, 3.63) is 65.9 Å². The standard InChI is InChI=1S/C19H16N6O2/c1-2-27-18(26)15-5-3-4-6-16(15)23-19-24-17(12-21-25-19)22-14-9-7-13(11-20)8-10-14/h3-10,12H,2H2,1H3,(H2,22,23,24,25). The summed E-state index contributed by atoms with van der Waals surface area (Å²) in [6, 6.07) is 15.9. The van der Waals surface area contributed by atoms with Crippen LogP contribution in [0.5, 0.6) is 0 Å². The molecule has 134 valence electrons. The highest BCUT2D eigenvalue weighted by molar-refractivity contribution is 5.96. The van der Waals surface area contributed by atoms with Crippen LogP contribution in [0.25, 0.3) is 0 Å². The van der Waals surface area contributed by atoms with E-state index in [0.29, 0.717) is 22.6 Å². The minimum Gasteiger partial charge on any atom is -0.462 e. The number of carbonyl (C=O) groups excluding carboxylic acids is 1. The zero-order valence-corrected chi connectivity index (χ0v) is 14.5. The Balaban J connectivity index is 1.78. The van der Waals surface area contributed by atoms with E-state index < -0.39 is 5.97 Å². The van der Waals surface area contributed by atoms with Crippen LogP contribution >= 0.6 is 0 Å². The summed E-state index contributed by atoms with van der Waals surface area (Å²) in [6.07, 6.45) is 1.47. The van der Waals surface area contributed by atoms with Crippen LogP contribution in [0.1, 0.15) is 22.8 Å². The second-order valence-electron chi connectivity index (χ2n) is 5.37. The number of nitriles is 1. The molecular formula is C19H16N6O2. The molecule has 0 fully saturated rings. The summed E-state index contributed by atoms with van der Waals surface area (Å²) in [5, 5.41) is 22.8. The molecule has 8 heteroatoms. The van der Waals surface area contributed by atoms with Gasteiger partial charge in [-0.2, -0.15) is 15.3 Å². The smallest absolute Gasteiger partial charge is 0.340 e. The first-order chi connectivity index (χ1) is 13.2. The van der Waals surface area contributed by atoms with Crippen LogP contribution in [0.3, 0.4) is 0 Å². The maximum Gasteiger partial charge on any atom is 0.340 e. The summed E-state index contributed by atoms with van der Waals surface area (Å²) in [4.78, 5) is 16.4. The number of nitrogens with one attached hydrogen (secondary N) is 2. The molecule has 1 heterocycles. The maximum atomic E-state index is 12.1. The van der Waals surface area contributed by atoms with Gasteiger partial charge in [-0.25, -0.2) is 4.79 Å². The molecule has 0 aliphatic rings. The van der Waals surface area contributed by atoms with Crippen LogP contribution < -0.4 is 10.6 Å². The Morgan fingerprint density at radius 1 is 1.15 bits per heavy atom. The van der Waals surface area contributed by atoms with E-state index >= 15 is 0 Å². The van der Waals surface area contributed by atoms with Gasteiger partial charge in [0.1, 0.15) is 0 Å². The van der Waals surface area contributed by atoms with Crippen LogP contribution in [-0.2, 0) is 4.74 Å². The van der Waals surface area contributed by atoms with E-state index in [1.165, 1.54) is 6.20 Å². The molecule has 2 N–H and O–H groups in total. The minimum absolute atomic E-state index is 0.227. The zero-order valence-electron chi connectivity index (χ0n) is 14.5. The molecule has 8 nitrogen and oxygen atoms in total. The van der Waals surface area contributed by atoms with Crippen molar-refractivity contribution in [3.63, 3.8) is 0 Å². The number of ether oxygens (including phenoxy) is 1. The molecule has 0 unspecified atom stereocenters. The second-order valence-corrected chi connectivity index (χ2v) is 5.37. The molecule has 2 aromatic carbocycles. The molecular weight excluding hydrogens is 344 g/mol. The lowest BCUT2D eigenvalue weighted by atomic mass is 10.2. The first kappa shape index (κ1) is 17.8. The number of nitrogens with zero attached hydrogens (tertiary/aromatic N) is 4. The molecule has 3 aromatic rings. The van der Waals surface area contributed by atoms with E-state index in [2.05, 4.69) is 31.9 Å². The number of rotatable bonds is 6. The lowest BCUT2D eigenvalue weighted by Crippen LogP contribution is -2.09. The number of aromatic nitrogens is 3. The quantitative estimate of drug-likeness (QED) is 0.643. The van der Waals surface area contributed by atoms with Crippen LogP contribution in [0, 0.1) is 11.3 Å². The Labute approximate surface area is 155 Å². The Hall–Kier alpha value is -3.99. The molecule has 0 aliphatic carbocycles. The third-order valence-corrected chi connectivity index (χ3v) is 3.51. The summed E-state index contributed by atoms with van der Waals surface area (Å²) >= 11 is 0. The highest BCUT2D eigenvalue weighted by Gasteiger charge is 2.13. The topological polar surface area (TPSA) is 113 Å². The van der Waals surface area contributed by atoms with Gasteiger partial charge in [0.15, 0.2) is 5.82 Å². The average molecular weight is 360 g/mol. The molecule has 27 heavy (non-hydrogen) atoms. The summed E-state index contributed by atoms with van der Waals surface area (Å²) in [6.45, 7) is 2.04. The number of para-hydroxylation sites is 1. The molecule has 0 amide bonds. The van der Waals surface area contributed by atoms with Gasteiger partial charge in [-0.3, -0.25) is 0 Å². The average Bonchev–Trinajstić information content (AvgIpc) is 2.69. The van der Waals surface area contributed by atoms with Gasteiger partial charge < -0.3 is 15.4 Å². The summed E-state index contributed by atoms with van der Waals surface area (Å²) in [7, 11) is 0. The van der Waals surface area contributed by atoms with Crippen molar-refractivity contribution in [2.75, 3.05) is 17.2 Å². The summed E-state index contributed by atoms with van der Waals surface area (Å²) in [5.41, 5.74) is 2.23. The Morgan fingerprint density at radius 3 is 2.67 bits per heavy atom. The van der Waals surface area contributed by atoms with Crippen molar-refractivity contribution in [1.82, 2.24) is 15.2 Å². The second kappa shape index (κ2) is 8.40. The van der Waals surface area contributed by atoms with E-state index in [0.717, 1.165) is 5.69 Å². The van der Waals surface area contributed by atoms with Crippen LogP contribution in [0.4, 0.5) is 23.1 Å². The molecule has 3 rings (SSSR count). The largest absolute Gasteiger partial charge is 0.462 e. The highest BCUT2D eigenvalue weighted by atomic mass is 16.5. The van der Waals surface area contributed by atoms with Gasteiger partial charge in [0.05, 0.1) is 35.7 Å². The first-order valence-corrected chi connectivity index (χ1v) is 8.19. The molecule has 1 aromatic heterocycles. The maximum absolute atomic E-state index is 12.1. The van der Waals surface area contributed by atoms with Crippen LogP contribution in [0.2, 0.25) is 0 Å². The molecule has 0 radical (unpaired) electrons. The summed E-state index contributed by atoms with van der Waals surface area (Å²) < 4.78 is 5.06. The lowest BCUT2D eigenvalue weighted by Gasteiger charge is -2.11. The van der Waals surface area contributed by atoms with Crippen molar-refractivity contribution in [3.8, 4) is 6.07 Å². The van der Waals surface area contributed by atoms with Crippen molar-refractivity contribution in [2.45, 2.75) is 6.92 Å². The van der Waals surface area contributed by atoms with E-state index in [1.54, 1.807) is 55.5 Å². The van der Waals surface area contributed by atoms with E-state index in [9.17, 15) is 4.79 Å². The summed E-state index contributed by atoms with van der Waals surface area (Å²) in [5.74, 6) is 0.261. The molecule has 0 saturated heterocycles. The number of anilines is 4. The third kappa shape index (κ3) is 4.55. The fraction of sp³-hybridized carbons (Fsp3) is 0.105. The monoisotopic (exact) mass is 360 g/mol. The number of esters is 1. The van der Waals surface area contributed by atoms with Crippen molar-refractivity contribution in [1.29, 1.82) is 5.26 Å². The van der Waals surface area contributed by atoms with Crippen molar-refractivity contribution in [2.24, 2.45) is 0 Å². The SMILES string of the molecule is CCOC(=O)c1ccccc1Nc1nncc(Nc2ccc(C#N)cc2)n1. The number of hydrogen-bond acceptors (Lipinski definition) is 8. The fourth-order valence-electron chi connectivity index (χ4n) is 2.29. The zero-order chi connectivity index (χ0) is 19.1. The van der Waals surface area contributed by atoms with Gasteiger partial charge in [0.2, 0.25) is 5.95 Å². The van der Waals surface area contributed by atoms with E-state index in [4.69, 9.17) is 10.00 Å². The Bertz CT molecular complexity index is 982. The predicted molar refractivity (Wildman–Crippen MR) is 99.9 cm³/mol. The van der Waals surface area contributed by atoms with Crippen molar-refractivity contribution >= 4 is 29.1 Å². The third-order valence-electron chi connectivity index (χ3n) is 3.51. The molecule has 0 saturated carbocycles. The normalized spacial score (nSPS) is 9.93. The first-order valence-electron chi connectivity index (χ1n) is 8.19. The molecule has 0 spiro atoms. The number of hydrogen-bond donors (Lipinski definition) is 2. The lowest BCUT2D eigenvalue weighted by molar-refractivity contribution is 0.0527.